The molecule has 0 saturated heterocycles. The van der Waals surface area contributed by atoms with Gasteiger partial charge in [-0.3, -0.25) is 0 Å². The molecule has 0 aliphatic carbocycles. The maximum absolute atomic E-state index is 13.2. The molecule has 4 heteroatoms. The van der Waals surface area contributed by atoms with Gasteiger partial charge in [0, 0.05) is 9.99 Å². The van der Waals surface area contributed by atoms with Crippen LogP contribution < -0.4 is 4.74 Å². The highest BCUT2D eigenvalue weighted by molar-refractivity contribution is 14.1. The van der Waals surface area contributed by atoms with Gasteiger partial charge < -0.3 is 4.74 Å². The van der Waals surface area contributed by atoms with Crippen molar-refractivity contribution in [1.82, 2.24) is 0 Å². The van der Waals surface area contributed by atoms with Crippen molar-refractivity contribution in [3.8, 4) is 5.75 Å². The van der Waals surface area contributed by atoms with Gasteiger partial charge in [-0.1, -0.05) is 18.2 Å². The molecule has 2 aromatic carbocycles. The SMILES string of the molecule is CC1(C)Cc2cc(C(Cl)c3ccc(F)cc3I)ccc2O1. The van der Waals surface area contributed by atoms with E-state index in [2.05, 4.69) is 42.5 Å². The molecule has 1 aliphatic rings. The lowest BCUT2D eigenvalue weighted by Crippen LogP contribution is -2.24. The van der Waals surface area contributed by atoms with Gasteiger partial charge in [0.2, 0.25) is 0 Å². The Hall–Kier alpha value is -0.810. The Labute approximate surface area is 142 Å². The lowest BCUT2D eigenvalue weighted by Gasteiger charge is -2.16. The minimum absolute atomic E-state index is 0.160. The van der Waals surface area contributed by atoms with Gasteiger partial charge in [-0.05, 0) is 71.3 Å². The Balaban J connectivity index is 1.95. The largest absolute Gasteiger partial charge is 0.487 e. The van der Waals surface area contributed by atoms with Gasteiger partial charge >= 0.3 is 0 Å². The van der Waals surface area contributed by atoms with E-state index in [0.29, 0.717) is 0 Å². The highest BCUT2D eigenvalue weighted by atomic mass is 127. The molecule has 3 rings (SSSR count). The summed E-state index contributed by atoms with van der Waals surface area (Å²) in [5, 5.41) is -0.286. The Morgan fingerprint density at radius 2 is 2.00 bits per heavy atom. The second kappa shape index (κ2) is 5.43. The zero-order chi connectivity index (χ0) is 15.2. The van der Waals surface area contributed by atoms with E-state index in [0.717, 1.165) is 26.9 Å². The second-order valence-corrected chi connectivity index (χ2v) is 7.53. The first-order valence-corrected chi connectivity index (χ1v) is 8.28. The van der Waals surface area contributed by atoms with Crippen LogP contribution in [0.4, 0.5) is 4.39 Å². The highest BCUT2D eigenvalue weighted by Gasteiger charge is 2.30. The van der Waals surface area contributed by atoms with Crippen molar-refractivity contribution in [1.29, 1.82) is 0 Å². The zero-order valence-electron chi connectivity index (χ0n) is 11.8. The topological polar surface area (TPSA) is 9.23 Å². The van der Waals surface area contributed by atoms with Crippen molar-refractivity contribution < 1.29 is 9.13 Å². The van der Waals surface area contributed by atoms with Gasteiger partial charge in [-0.25, -0.2) is 4.39 Å². The van der Waals surface area contributed by atoms with Gasteiger partial charge in [0.1, 0.15) is 17.2 Å². The molecule has 1 unspecified atom stereocenters. The highest BCUT2D eigenvalue weighted by Crippen LogP contribution is 2.39. The van der Waals surface area contributed by atoms with Crippen LogP contribution in [0, 0.1) is 9.39 Å². The standard InChI is InChI=1S/C17H15ClFIO/c1-17(2)9-11-7-10(3-6-15(11)21-17)16(18)13-5-4-12(19)8-14(13)20/h3-8,16H,9H2,1-2H3. The summed E-state index contributed by atoms with van der Waals surface area (Å²) < 4.78 is 19.9. The molecular weight excluding hydrogens is 402 g/mol. The molecule has 110 valence electrons. The van der Waals surface area contributed by atoms with E-state index in [1.165, 1.54) is 17.7 Å². The molecule has 0 bridgehead atoms. The molecule has 1 aliphatic heterocycles. The van der Waals surface area contributed by atoms with Crippen LogP contribution >= 0.6 is 34.2 Å². The Kier molecular flexibility index (Phi) is 3.91. The maximum atomic E-state index is 13.2. The van der Waals surface area contributed by atoms with Crippen LogP contribution in [0.25, 0.3) is 0 Å². The number of fused-ring (bicyclic) bond motifs is 1. The fourth-order valence-corrected chi connectivity index (χ4v) is 3.97. The van der Waals surface area contributed by atoms with Crippen LogP contribution in [0.15, 0.2) is 36.4 Å². The summed E-state index contributed by atoms with van der Waals surface area (Å²) in [5.41, 5.74) is 2.96. The number of hydrogen-bond donors (Lipinski definition) is 0. The molecule has 1 atom stereocenters. The second-order valence-electron chi connectivity index (χ2n) is 5.93. The molecular formula is C17H15ClFIO. The summed E-state index contributed by atoms with van der Waals surface area (Å²) in [5.74, 6) is 0.692. The summed E-state index contributed by atoms with van der Waals surface area (Å²) in [6.45, 7) is 4.15. The molecule has 0 spiro atoms. The van der Waals surface area contributed by atoms with Crippen molar-refractivity contribution in [3.05, 3.63) is 62.5 Å². The summed E-state index contributed by atoms with van der Waals surface area (Å²) in [4.78, 5) is 0. The molecule has 0 amide bonds. The van der Waals surface area contributed by atoms with Crippen LogP contribution in [0.2, 0.25) is 0 Å². The first kappa shape index (κ1) is 15.1. The average Bonchev–Trinajstić information content (AvgIpc) is 2.70. The van der Waals surface area contributed by atoms with Gasteiger partial charge in [0.25, 0.3) is 0 Å². The number of ether oxygens (including phenoxy) is 1. The van der Waals surface area contributed by atoms with Crippen LogP contribution in [0.1, 0.15) is 35.9 Å². The van der Waals surface area contributed by atoms with Gasteiger partial charge in [0.15, 0.2) is 0 Å². The average molecular weight is 417 g/mol. The lowest BCUT2D eigenvalue weighted by atomic mass is 9.97. The monoisotopic (exact) mass is 416 g/mol. The fourth-order valence-electron chi connectivity index (χ4n) is 2.67. The number of rotatable bonds is 2. The molecule has 0 aromatic heterocycles. The maximum Gasteiger partial charge on any atom is 0.124 e. The summed E-state index contributed by atoms with van der Waals surface area (Å²) >= 11 is 8.72. The Morgan fingerprint density at radius 3 is 2.71 bits per heavy atom. The number of hydrogen-bond acceptors (Lipinski definition) is 1. The minimum atomic E-state index is -0.286. The van der Waals surface area contributed by atoms with Crippen molar-refractivity contribution in [2.75, 3.05) is 0 Å². The van der Waals surface area contributed by atoms with Gasteiger partial charge in [-0.15, -0.1) is 11.6 Å². The van der Waals surface area contributed by atoms with Crippen LogP contribution in [0.3, 0.4) is 0 Å². The normalized spacial score (nSPS) is 17.2. The quantitative estimate of drug-likeness (QED) is 0.466. The molecule has 0 saturated carbocycles. The minimum Gasteiger partial charge on any atom is -0.487 e. The van der Waals surface area contributed by atoms with Crippen molar-refractivity contribution >= 4 is 34.2 Å². The first-order chi connectivity index (χ1) is 9.85. The third kappa shape index (κ3) is 3.04. The molecule has 1 heterocycles. The van der Waals surface area contributed by atoms with E-state index in [1.54, 1.807) is 6.07 Å². The van der Waals surface area contributed by atoms with E-state index in [1.807, 2.05) is 12.1 Å². The number of benzene rings is 2. The molecule has 1 nitrogen and oxygen atoms in total. The van der Waals surface area contributed by atoms with Crippen LogP contribution in [-0.4, -0.2) is 5.60 Å². The molecule has 0 radical (unpaired) electrons. The van der Waals surface area contributed by atoms with E-state index < -0.39 is 0 Å². The smallest absolute Gasteiger partial charge is 0.124 e. The van der Waals surface area contributed by atoms with Crippen molar-refractivity contribution in [2.45, 2.75) is 31.2 Å². The molecule has 2 aromatic rings. The molecule has 21 heavy (non-hydrogen) atoms. The zero-order valence-corrected chi connectivity index (χ0v) is 14.7. The summed E-state index contributed by atoms with van der Waals surface area (Å²) in [6.07, 6.45) is 0.875. The lowest BCUT2D eigenvalue weighted by molar-refractivity contribution is 0.138. The Bertz CT molecular complexity index is 699. The first-order valence-electron chi connectivity index (χ1n) is 6.76. The van der Waals surface area contributed by atoms with Gasteiger partial charge in [-0.2, -0.15) is 0 Å². The van der Waals surface area contributed by atoms with E-state index in [-0.39, 0.29) is 16.8 Å². The van der Waals surface area contributed by atoms with Gasteiger partial charge in [0.05, 0.1) is 5.38 Å². The molecule has 0 N–H and O–H groups in total. The van der Waals surface area contributed by atoms with Crippen molar-refractivity contribution in [3.63, 3.8) is 0 Å². The number of alkyl halides is 1. The number of halogens is 3. The predicted molar refractivity (Wildman–Crippen MR) is 91.7 cm³/mol. The third-order valence-corrected chi connectivity index (χ3v) is 5.04. The van der Waals surface area contributed by atoms with E-state index in [9.17, 15) is 4.39 Å². The summed E-state index contributed by atoms with van der Waals surface area (Å²) in [6, 6.07) is 10.8. The van der Waals surface area contributed by atoms with Crippen molar-refractivity contribution in [2.24, 2.45) is 0 Å². The predicted octanol–water partition coefficient (Wildman–Crippen LogP) is 5.47. The summed E-state index contributed by atoms with van der Waals surface area (Å²) in [7, 11) is 0. The molecule has 0 fully saturated rings. The van der Waals surface area contributed by atoms with Crippen LogP contribution in [-0.2, 0) is 6.42 Å². The van der Waals surface area contributed by atoms with E-state index >= 15 is 0 Å². The van der Waals surface area contributed by atoms with E-state index in [4.69, 9.17) is 16.3 Å². The third-order valence-electron chi connectivity index (χ3n) is 3.62. The van der Waals surface area contributed by atoms with Crippen LogP contribution in [0.5, 0.6) is 5.75 Å². The fraction of sp³-hybridized carbons (Fsp3) is 0.294. The Morgan fingerprint density at radius 1 is 1.24 bits per heavy atom.